The zero-order valence-corrected chi connectivity index (χ0v) is 12.2. The fraction of sp³-hybridized carbons (Fsp3) is 0.118. The van der Waals surface area contributed by atoms with Crippen LogP contribution in [-0.2, 0) is 5.75 Å². The van der Waals surface area contributed by atoms with Crippen LogP contribution in [0, 0.1) is 6.92 Å². The molecule has 0 spiro atoms. The van der Waals surface area contributed by atoms with Gasteiger partial charge in [-0.05, 0) is 48.4 Å². The third-order valence-corrected chi connectivity index (χ3v) is 4.39. The minimum absolute atomic E-state index is 0.859. The summed E-state index contributed by atoms with van der Waals surface area (Å²) in [6, 6.07) is 16.7. The number of anilines is 1. The van der Waals surface area contributed by atoms with Crippen LogP contribution in [0.3, 0.4) is 0 Å². The zero-order valence-electron chi connectivity index (χ0n) is 11.3. The predicted molar refractivity (Wildman–Crippen MR) is 86.9 cm³/mol. The van der Waals surface area contributed by atoms with Crippen LogP contribution >= 0.6 is 11.8 Å². The van der Waals surface area contributed by atoms with E-state index < -0.39 is 0 Å². The molecule has 0 fully saturated rings. The number of fused-ring (bicyclic) bond motifs is 1. The van der Waals surface area contributed by atoms with Crippen molar-refractivity contribution in [2.45, 2.75) is 17.6 Å². The summed E-state index contributed by atoms with van der Waals surface area (Å²) < 4.78 is 0. The summed E-state index contributed by atoms with van der Waals surface area (Å²) >= 11 is 1.77. The molecule has 2 N–H and O–H groups in total. The third-order valence-electron chi connectivity index (χ3n) is 3.23. The van der Waals surface area contributed by atoms with E-state index in [1.165, 1.54) is 16.5 Å². The average Bonchev–Trinajstić information content (AvgIpc) is 2.46. The molecule has 2 aromatic carbocycles. The minimum atomic E-state index is 0.859. The van der Waals surface area contributed by atoms with Gasteiger partial charge in [0.15, 0.2) is 0 Å². The van der Waals surface area contributed by atoms with Gasteiger partial charge >= 0.3 is 0 Å². The summed E-state index contributed by atoms with van der Waals surface area (Å²) in [6.45, 7) is 2.06. The Kier molecular flexibility index (Phi) is 3.61. The molecule has 3 heteroatoms. The molecule has 0 unspecified atom stereocenters. The SMILES string of the molecule is Cc1ccc(SCc2ccc3ncccc3c2)c(N)c1. The molecule has 2 nitrogen and oxygen atoms in total. The molecule has 0 saturated heterocycles. The second-order valence-corrected chi connectivity index (χ2v) is 5.88. The smallest absolute Gasteiger partial charge is 0.0702 e. The van der Waals surface area contributed by atoms with Crippen LogP contribution in [0.25, 0.3) is 10.9 Å². The molecule has 0 atom stereocenters. The number of aromatic nitrogens is 1. The van der Waals surface area contributed by atoms with Crippen molar-refractivity contribution in [3.05, 3.63) is 65.9 Å². The number of thioether (sulfide) groups is 1. The highest BCUT2D eigenvalue weighted by Gasteiger charge is 2.02. The molecule has 0 amide bonds. The van der Waals surface area contributed by atoms with Gasteiger partial charge in [-0.3, -0.25) is 4.98 Å². The molecule has 0 aliphatic heterocycles. The minimum Gasteiger partial charge on any atom is -0.398 e. The van der Waals surface area contributed by atoms with E-state index in [-0.39, 0.29) is 0 Å². The van der Waals surface area contributed by atoms with Crippen LogP contribution in [0.4, 0.5) is 5.69 Å². The first-order chi connectivity index (χ1) is 9.72. The van der Waals surface area contributed by atoms with Crippen molar-refractivity contribution in [3.8, 4) is 0 Å². The topological polar surface area (TPSA) is 38.9 Å². The molecule has 0 radical (unpaired) electrons. The van der Waals surface area contributed by atoms with Gasteiger partial charge in [0.25, 0.3) is 0 Å². The van der Waals surface area contributed by atoms with Crippen LogP contribution in [-0.4, -0.2) is 4.98 Å². The number of nitrogen functional groups attached to an aromatic ring is 1. The van der Waals surface area contributed by atoms with Crippen LogP contribution in [0.2, 0.25) is 0 Å². The molecule has 20 heavy (non-hydrogen) atoms. The van der Waals surface area contributed by atoms with Crippen molar-refractivity contribution in [1.29, 1.82) is 0 Å². The van der Waals surface area contributed by atoms with Gasteiger partial charge in [-0.2, -0.15) is 0 Å². The number of pyridine rings is 1. The summed E-state index contributed by atoms with van der Waals surface area (Å²) in [6.07, 6.45) is 1.82. The lowest BCUT2D eigenvalue weighted by molar-refractivity contribution is 1.35. The molecular formula is C17H16N2S. The van der Waals surface area contributed by atoms with Crippen LogP contribution in [0.5, 0.6) is 0 Å². The monoisotopic (exact) mass is 280 g/mol. The van der Waals surface area contributed by atoms with Gasteiger partial charge in [-0.25, -0.2) is 0 Å². The lowest BCUT2D eigenvalue weighted by Gasteiger charge is -2.07. The molecule has 0 bridgehead atoms. The Balaban J connectivity index is 1.79. The molecule has 3 aromatic rings. The Morgan fingerprint density at radius 3 is 2.85 bits per heavy atom. The maximum absolute atomic E-state index is 6.05. The van der Waals surface area contributed by atoms with E-state index in [9.17, 15) is 0 Å². The molecule has 1 aromatic heterocycles. The van der Waals surface area contributed by atoms with Crippen molar-refractivity contribution < 1.29 is 0 Å². The molecule has 0 saturated carbocycles. The molecule has 0 aliphatic carbocycles. The van der Waals surface area contributed by atoms with Gasteiger partial charge in [0, 0.05) is 27.9 Å². The van der Waals surface area contributed by atoms with Crippen molar-refractivity contribution in [1.82, 2.24) is 4.98 Å². The Morgan fingerprint density at radius 2 is 2.00 bits per heavy atom. The summed E-state index contributed by atoms with van der Waals surface area (Å²) in [7, 11) is 0. The fourth-order valence-corrected chi connectivity index (χ4v) is 3.07. The predicted octanol–water partition coefficient (Wildman–Crippen LogP) is 4.42. The average molecular weight is 280 g/mol. The number of aryl methyl sites for hydroxylation is 1. The Bertz CT molecular complexity index is 753. The first kappa shape index (κ1) is 13.0. The maximum atomic E-state index is 6.05. The molecule has 0 aliphatic rings. The number of benzene rings is 2. The number of hydrogen-bond acceptors (Lipinski definition) is 3. The van der Waals surface area contributed by atoms with Crippen molar-refractivity contribution >= 4 is 28.4 Å². The van der Waals surface area contributed by atoms with Crippen molar-refractivity contribution in [3.63, 3.8) is 0 Å². The number of hydrogen-bond donors (Lipinski definition) is 1. The molecule has 3 rings (SSSR count). The number of nitrogens with two attached hydrogens (primary N) is 1. The highest BCUT2D eigenvalue weighted by atomic mass is 32.2. The van der Waals surface area contributed by atoms with E-state index >= 15 is 0 Å². The summed E-state index contributed by atoms with van der Waals surface area (Å²) in [5.74, 6) is 0.915. The second-order valence-electron chi connectivity index (χ2n) is 4.86. The first-order valence-electron chi connectivity index (χ1n) is 6.55. The number of rotatable bonds is 3. The van der Waals surface area contributed by atoms with E-state index in [0.717, 1.165) is 21.9 Å². The van der Waals surface area contributed by atoms with Gasteiger partial charge in [0.2, 0.25) is 0 Å². The Labute approximate surface area is 123 Å². The fourth-order valence-electron chi connectivity index (χ4n) is 2.18. The standard InChI is InChI=1S/C17H16N2S/c1-12-4-7-17(15(18)9-12)20-11-13-5-6-16-14(10-13)3-2-8-19-16/h2-10H,11,18H2,1H3. The summed E-state index contributed by atoms with van der Waals surface area (Å²) in [5, 5.41) is 1.18. The van der Waals surface area contributed by atoms with Crippen LogP contribution in [0.1, 0.15) is 11.1 Å². The summed E-state index contributed by atoms with van der Waals surface area (Å²) in [5.41, 5.74) is 10.4. The largest absolute Gasteiger partial charge is 0.398 e. The first-order valence-corrected chi connectivity index (χ1v) is 7.53. The van der Waals surface area contributed by atoms with E-state index in [0.29, 0.717) is 0 Å². The molecule has 100 valence electrons. The van der Waals surface area contributed by atoms with E-state index in [2.05, 4.69) is 48.3 Å². The third kappa shape index (κ3) is 2.78. The maximum Gasteiger partial charge on any atom is 0.0702 e. The molecule has 1 heterocycles. The quantitative estimate of drug-likeness (QED) is 0.570. The van der Waals surface area contributed by atoms with E-state index in [4.69, 9.17) is 5.73 Å². The van der Waals surface area contributed by atoms with Gasteiger partial charge < -0.3 is 5.73 Å². The van der Waals surface area contributed by atoms with Gasteiger partial charge in [-0.1, -0.05) is 18.2 Å². The normalized spacial score (nSPS) is 10.8. The van der Waals surface area contributed by atoms with Gasteiger partial charge in [0.05, 0.1) is 5.52 Å². The van der Waals surface area contributed by atoms with E-state index in [1.807, 2.05) is 18.3 Å². The Hall–Kier alpha value is -2.00. The molecular weight excluding hydrogens is 264 g/mol. The van der Waals surface area contributed by atoms with E-state index in [1.54, 1.807) is 11.8 Å². The Morgan fingerprint density at radius 1 is 1.10 bits per heavy atom. The highest BCUT2D eigenvalue weighted by molar-refractivity contribution is 7.98. The zero-order chi connectivity index (χ0) is 13.9. The van der Waals surface area contributed by atoms with Gasteiger partial charge in [0.1, 0.15) is 0 Å². The van der Waals surface area contributed by atoms with Crippen molar-refractivity contribution in [2.24, 2.45) is 0 Å². The van der Waals surface area contributed by atoms with Crippen LogP contribution < -0.4 is 5.73 Å². The number of nitrogens with zero attached hydrogens (tertiary/aromatic N) is 1. The highest BCUT2D eigenvalue weighted by Crippen LogP contribution is 2.29. The second kappa shape index (κ2) is 5.55. The lowest BCUT2D eigenvalue weighted by Crippen LogP contribution is -1.90. The van der Waals surface area contributed by atoms with Crippen LogP contribution in [0.15, 0.2) is 59.6 Å². The summed E-state index contributed by atoms with van der Waals surface area (Å²) in [4.78, 5) is 5.48. The lowest BCUT2D eigenvalue weighted by atomic mass is 10.1. The van der Waals surface area contributed by atoms with Crippen molar-refractivity contribution in [2.75, 3.05) is 5.73 Å². The van der Waals surface area contributed by atoms with Gasteiger partial charge in [-0.15, -0.1) is 11.8 Å².